The summed E-state index contributed by atoms with van der Waals surface area (Å²) in [4.78, 5) is 32.8. The molecule has 1 fully saturated rings. The Morgan fingerprint density at radius 2 is 1.79 bits per heavy atom. The van der Waals surface area contributed by atoms with Gasteiger partial charge in [0.05, 0.1) is 6.54 Å². The molecule has 0 spiro atoms. The highest BCUT2D eigenvalue weighted by molar-refractivity contribution is 6.10. The number of fused-ring (bicyclic) bond motifs is 1. The highest BCUT2D eigenvalue weighted by Gasteiger charge is 2.29. The Bertz CT molecular complexity index is 912. The molecule has 1 amide bonds. The number of carboxylic acid groups (broad SMARTS) is 1. The number of carbonyl (C=O) groups excluding carboxylic acids is 1. The fourth-order valence-electron chi connectivity index (χ4n) is 3.98. The predicted octanol–water partition coefficient (Wildman–Crippen LogP) is 4.72. The lowest BCUT2D eigenvalue weighted by Crippen LogP contribution is -2.32. The van der Waals surface area contributed by atoms with Crippen LogP contribution in [0.25, 0.3) is 0 Å². The van der Waals surface area contributed by atoms with Gasteiger partial charge in [-0.15, -0.1) is 0 Å². The van der Waals surface area contributed by atoms with Gasteiger partial charge in [0, 0.05) is 12.1 Å². The lowest BCUT2D eigenvalue weighted by molar-refractivity contribution is -0.138. The van der Waals surface area contributed by atoms with Crippen molar-refractivity contribution in [2.24, 2.45) is 11.8 Å². The predicted molar refractivity (Wildman–Crippen MR) is 130 cm³/mol. The third-order valence-corrected chi connectivity index (χ3v) is 5.69. The monoisotopic (exact) mass is 456 g/mol. The molecule has 1 aliphatic heterocycles. The van der Waals surface area contributed by atoms with Gasteiger partial charge in [-0.05, 0) is 43.7 Å². The Morgan fingerprint density at radius 3 is 2.39 bits per heavy atom. The zero-order chi connectivity index (χ0) is 24.4. The molecule has 8 heteroatoms. The highest BCUT2D eigenvalue weighted by atomic mass is 16.5. The van der Waals surface area contributed by atoms with E-state index in [1.54, 1.807) is 11.8 Å². The lowest BCUT2D eigenvalue weighted by Gasteiger charge is -2.24. The number of hydrogen-bond donors (Lipinski definition) is 2. The van der Waals surface area contributed by atoms with Crippen LogP contribution in [-0.2, 0) is 4.79 Å². The topological polar surface area (TPSA) is 119 Å². The molecule has 180 valence electrons. The summed E-state index contributed by atoms with van der Waals surface area (Å²) in [6.07, 6.45) is 5.06. The minimum absolute atomic E-state index is 0.153. The molecule has 1 aliphatic carbocycles. The van der Waals surface area contributed by atoms with Crippen LogP contribution in [0.3, 0.4) is 0 Å². The molecule has 0 bridgehead atoms. The van der Waals surface area contributed by atoms with Crippen LogP contribution in [0.15, 0.2) is 30.3 Å². The van der Waals surface area contributed by atoms with Crippen molar-refractivity contribution in [2.75, 3.05) is 23.8 Å². The molecule has 1 saturated carbocycles. The SMILES string of the molecule is CC.CC1CCC(CC(=O)O)CC1.Cc1nc(N)c2c(n1)OCCN(c1ccccc1)C2=O. The first-order valence-corrected chi connectivity index (χ1v) is 11.7. The van der Waals surface area contributed by atoms with Crippen molar-refractivity contribution in [1.29, 1.82) is 0 Å². The maximum Gasteiger partial charge on any atom is 0.303 e. The molecule has 2 aliphatic rings. The van der Waals surface area contributed by atoms with E-state index in [1.165, 1.54) is 12.8 Å². The number of aromatic nitrogens is 2. The second-order valence-corrected chi connectivity index (χ2v) is 8.20. The van der Waals surface area contributed by atoms with Crippen LogP contribution in [0, 0.1) is 18.8 Å². The Morgan fingerprint density at radius 1 is 1.15 bits per heavy atom. The largest absolute Gasteiger partial charge is 0.481 e. The number of anilines is 2. The third-order valence-electron chi connectivity index (χ3n) is 5.69. The van der Waals surface area contributed by atoms with Gasteiger partial charge >= 0.3 is 5.97 Å². The fraction of sp³-hybridized carbons (Fsp3) is 0.520. The third kappa shape index (κ3) is 7.44. The number of aryl methyl sites for hydroxylation is 1. The molecule has 1 aromatic carbocycles. The van der Waals surface area contributed by atoms with Crippen molar-refractivity contribution in [1.82, 2.24) is 9.97 Å². The van der Waals surface area contributed by atoms with E-state index >= 15 is 0 Å². The number of hydrogen-bond acceptors (Lipinski definition) is 6. The standard InChI is InChI=1S/C14H14N4O2.C9H16O2.C2H6/c1-9-16-12(15)11-13(17-9)20-8-7-18(14(11)19)10-5-3-2-4-6-10;1-7-2-4-8(5-3-7)6-9(10)11;1-2/h2-6H,7-8H2,1H3,(H2,15,16,17);7-8H,2-6H2,1H3,(H,10,11);1-2H3. The van der Waals surface area contributed by atoms with E-state index in [9.17, 15) is 9.59 Å². The van der Waals surface area contributed by atoms with Gasteiger partial charge in [-0.25, -0.2) is 4.98 Å². The van der Waals surface area contributed by atoms with E-state index in [4.69, 9.17) is 15.6 Å². The summed E-state index contributed by atoms with van der Waals surface area (Å²) < 4.78 is 5.54. The molecule has 33 heavy (non-hydrogen) atoms. The Hall–Kier alpha value is -3.16. The molecule has 2 heterocycles. The molecule has 8 nitrogen and oxygen atoms in total. The molecule has 1 aromatic heterocycles. The van der Waals surface area contributed by atoms with Crippen LogP contribution in [0.1, 0.15) is 69.1 Å². The Balaban J connectivity index is 0.000000252. The smallest absolute Gasteiger partial charge is 0.303 e. The van der Waals surface area contributed by atoms with Gasteiger partial charge in [0.2, 0.25) is 5.88 Å². The number of benzene rings is 1. The zero-order valence-electron chi connectivity index (χ0n) is 20.1. The van der Waals surface area contributed by atoms with Crippen LogP contribution in [0.5, 0.6) is 5.88 Å². The summed E-state index contributed by atoms with van der Waals surface area (Å²) in [7, 11) is 0. The summed E-state index contributed by atoms with van der Waals surface area (Å²) in [5.41, 5.74) is 6.90. The fourth-order valence-corrected chi connectivity index (χ4v) is 3.98. The first-order valence-electron chi connectivity index (χ1n) is 11.7. The molecule has 0 radical (unpaired) electrons. The summed E-state index contributed by atoms with van der Waals surface area (Å²) in [6, 6.07) is 9.40. The molecular formula is C25H36N4O4. The Labute approximate surface area is 196 Å². The second-order valence-electron chi connectivity index (χ2n) is 8.20. The van der Waals surface area contributed by atoms with Crippen LogP contribution in [0.4, 0.5) is 11.5 Å². The maximum atomic E-state index is 12.7. The Kier molecular flexibility index (Phi) is 10.1. The normalized spacial score (nSPS) is 19.5. The second kappa shape index (κ2) is 12.8. The number of carbonyl (C=O) groups is 2. The van der Waals surface area contributed by atoms with E-state index < -0.39 is 5.97 Å². The summed E-state index contributed by atoms with van der Waals surface area (Å²) >= 11 is 0. The van der Waals surface area contributed by atoms with Crippen molar-refractivity contribution in [3.05, 3.63) is 41.7 Å². The van der Waals surface area contributed by atoms with Gasteiger partial charge in [-0.3, -0.25) is 9.59 Å². The molecular weight excluding hydrogens is 420 g/mol. The summed E-state index contributed by atoms with van der Waals surface area (Å²) in [5, 5.41) is 8.53. The molecule has 0 atom stereocenters. The number of carboxylic acids is 1. The van der Waals surface area contributed by atoms with Crippen LogP contribution < -0.4 is 15.4 Å². The number of nitrogens with two attached hydrogens (primary N) is 1. The highest BCUT2D eigenvalue weighted by Crippen LogP contribution is 2.30. The number of aliphatic carboxylic acids is 1. The van der Waals surface area contributed by atoms with Gasteiger partial charge in [-0.2, -0.15) is 4.98 Å². The quantitative estimate of drug-likeness (QED) is 0.686. The minimum atomic E-state index is -0.635. The van der Waals surface area contributed by atoms with E-state index in [-0.39, 0.29) is 23.2 Å². The van der Waals surface area contributed by atoms with Gasteiger partial charge in [0.25, 0.3) is 5.91 Å². The number of ether oxygens (including phenoxy) is 1. The lowest BCUT2D eigenvalue weighted by atomic mass is 9.81. The summed E-state index contributed by atoms with van der Waals surface area (Å²) in [5.74, 6) is 1.32. The van der Waals surface area contributed by atoms with Crippen molar-refractivity contribution < 1.29 is 19.4 Å². The molecule has 0 unspecified atom stereocenters. The molecule has 3 N–H and O–H groups in total. The van der Waals surface area contributed by atoms with Crippen LogP contribution in [-0.4, -0.2) is 40.1 Å². The average molecular weight is 457 g/mol. The number of rotatable bonds is 3. The van der Waals surface area contributed by atoms with E-state index in [0.717, 1.165) is 24.4 Å². The molecule has 2 aromatic rings. The van der Waals surface area contributed by atoms with Crippen molar-refractivity contribution in [2.45, 2.75) is 59.8 Å². The van der Waals surface area contributed by atoms with Gasteiger partial charge in [0.1, 0.15) is 23.8 Å². The van der Waals surface area contributed by atoms with Gasteiger partial charge in [-0.1, -0.05) is 51.8 Å². The number of para-hydroxylation sites is 1. The van der Waals surface area contributed by atoms with Gasteiger partial charge < -0.3 is 20.5 Å². The average Bonchev–Trinajstić information content (AvgIpc) is 2.96. The summed E-state index contributed by atoms with van der Waals surface area (Å²) in [6.45, 7) is 8.77. The van der Waals surface area contributed by atoms with Gasteiger partial charge in [0.15, 0.2) is 0 Å². The first-order chi connectivity index (χ1) is 15.8. The first kappa shape index (κ1) is 26.1. The number of nitrogen functional groups attached to an aromatic ring is 1. The van der Waals surface area contributed by atoms with E-state index in [0.29, 0.717) is 31.3 Å². The minimum Gasteiger partial charge on any atom is -0.481 e. The van der Waals surface area contributed by atoms with E-state index in [2.05, 4.69) is 16.9 Å². The van der Waals surface area contributed by atoms with Crippen molar-refractivity contribution in [3.8, 4) is 5.88 Å². The zero-order valence-corrected chi connectivity index (χ0v) is 20.1. The van der Waals surface area contributed by atoms with Crippen molar-refractivity contribution in [3.63, 3.8) is 0 Å². The molecule has 0 saturated heterocycles. The van der Waals surface area contributed by atoms with Crippen LogP contribution in [0.2, 0.25) is 0 Å². The number of amides is 1. The van der Waals surface area contributed by atoms with E-state index in [1.807, 2.05) is 44.2 Å². The molecule has 4 rings (SSSR count). The number of nitrogens with zero attached hydrogens (tertiary/aromatic N) is 3. The van der Waals surface area contributed by atoms with Crippen molar-refractivity contribution >= 4 is 23.4 Å². The maximum absolute atomic E-state index is 12.7. The van der Waals surface area contributed by atoms with Crippen LogP contribution >= 0.6 is 0 Å².